The zero-order valence-electron chi connectivity index (χ0n) is 12.5. The highest BCUT2D eigenvalue weighted by Gasteiger charge is 2.54. The summed E-state index contributed by atoms with van der Waals surface area (Å²) in [5, 5.41) is 17.5. The van der Waals surface area contributed by atoms with Gasteiger partial charge in [-0.15, -0.1) is 0 Å². The number of aliphatic hydroxyl groups is 2. The van der Waals surface area contributed by atoms with Crippen molar-refractivity contribution in [2.45, 2.75) is 45.0 Å². The van der Waals surface area contributed by atoms with E-state index < -0.39 is 43.0 Å². The number of esters is 2. The molecule has 3 atom stereocenters. The lowest BCUT2D eigenvalue weighted by molar-refractivity contribution is -0.279. The standard InChI is InChI=1S/C14H22O7/c1-9(2)4-5-10(20-12(17)6-15)14(3)11(8-19-14)21-13(18)7-16/h4,10-11,15-16H,5-8H2,1-3H3. The molecule has 7 heteroatoms. The van der Waals surface area contributed by atoms with Crippen molar-refractivity contribution in [2.24, 2.45) is 0 Å². The van der Waals surface area contributed by atoms with Gasteiger partial charge in [0.25, 0.3) is 0 Å². The van der Waals surface area contributed by atoms with Crippen molar-refractivity contribution in [3.63, 3.8) is 0 Å². The Labute approximate surface area is 123 Å². The summed E-state index contributed by atoms with van der Waals surface area (Å²) < 4.78 is 15.7. The molecule has 3 unspecified atom stereocenters. The third-order valence-corrected chi connectivity index (χ3v) is 3.37. The molecule has 0 amide bonds. The molecule has 120 valence electrons. The summed E-state index contributed by atoms with van der Waals surface area (Å²) in [6, 6.07) is 0. The van der Waals surface area contributed by atoms with Gasteiger partial charge in [0, 0.05) is 6.42 Å². The molecular formula is C14H22O7. The zero-order valence-corrected chi connectivity index (χ0v) is 12.5. The van der Waals surface area contributed by atoms with Crippen LogP contribution in [0.3, 0.4) is 0 Å². The first kappa shape index (κ1) is 17.6. The van der Waals surface area contributed by atoms with Gasteiger partial charge in [0.2, 0.25) is 0 Å². The van der Waals surface area contributed by atoms with Gasteiger partial charge in [-0.2, -0.15) is 0 Å². The highest BCUT2D eigenvalue weighted by Crippen LogP contribution is 2.36. The number of allylic oxidation sites excluding steroid dienone is 1. The highest BCUT2D eigenvalue weighted by molar-refractivity contribution is 5.71. The molecule has 0 radical (unpaired) electrons. The Morgan fingerprint density at radius 1 is 1.33 bits per heavy atom. The SMILES string of the molecule is CC(C)=CCC(OC(=O)CO)C1(C)OCC1OC(=O)CO. The van der Waals surface area contributed by atoms with Crippen LogP contribution in [0.15, 0.2) is 11.6 Å². The van der Waals surface area contributed by atoms with Gasteiger partial charge < -0.3 is 24.4 Å². The molecule has 1 aliphatic heterocycles. The molecule has 1 saturated heterocycles. The maximum Gasteiger partial charge on any atom is 0.332 e. The van der Waals surface area contributed by atoms with Crippen molar-refractivity contribution in [1.82, 2.24) is 0 Å². The normalized spacial score (nSPS) is 25.5. The maximum absolute atomic E-state index is 11.3. The second-order valence-electron chi connectivity index (χ2n) is 5.29. The van der Waals surface area contributed by atoms with Crippen LogP contribution in [0.25, 0.3) is 0 Å². The summed E-state index contributed by atoms with van der Waals surface area (Å²) in [5.41, 5.74) is 0.0357. The zero-order chi connectivity index (χ0) is 16.0. The van der Waals surface area contributed by atoms with E-state index in [1.165, 1.54) is 0 Å². The molecule has 21 heavy (non-hydrogen) atoms. The summed E-state index contributed by atoms with van der Waals surface area (Å²) in [6.07, 6.45) is 0.932. The van der Waals surface area contributed by atoms with E-state index in [1.807, 2.05) is 19.9 Å². The van der Waals surface area contributed by atoms with Gasteiger partial charge in [0.05, 0.1) is 6.61 Å². The molecule has 1 rings (SSSR count). The van der Waals surface area contributed by atoms with Crippen LogP contribution in [0.2, 0.25) is 0 Å². The number of hydrogen-bond acceptors (Lipinski definition) is 7. The first-order valence-electron chi connectivity index (χ1n) is 6.71. The lowest BCUT2D eigenvalue weighted by Gasteiger charge is -2.49. The average molecular weight is 302 g/mol. The second kappa shape index (κ2) is 7.53. The third-order valence-electron chi connectivity index (χ3n) is 3.37. The number of carbonyl (C=O) groups is 2. The maximum atomic E-state index is 11.3. The predicted molar refractivity (Wildman–Crippen MR) is 72.3 cm³/mol. The molecule has 2 N–H and O–H groups in total. The molecule has 1 heterocycles. The van der Waals surface area contributed by atoms with Crippen LogP contribution in [0.5, 0.6) is 0 Å². The predicted octanol–water partition coefficient (Wildman–Crippen LogP) is -0.0602. The molecule has 0 aromatic rings. The molecule has 0 bridgehead atoms. The van der Waals surface area contributed by atoms with Crippen LogP contribution in [-0.4, -0.2) is 59.8 Å². The molecule has 0 aromatic heterocycles. The van der Waals surface area contributed by atoms with Crippen LogP contribution < -0.4 is 0 Å². The Bertz CT molecular complexity index is 414. The van der Waals surface area contributed by atoms with Crippen molar-refractivity contribution in [3.05, 3.63) is 11.6 Å². The van der Waals surface area contributed by atoms with Crippen LogP contribution in [0.4, 0.5) is 0 Å². The highest BCUT2D eigenvalue weighted by atomic mass is 16.7. The molecule has 0 spiro atoms. The lowest BCUT2D eigenvalue weighted by atomic mass is 9.85. The minimum Gasteiger partial charge on any atom is -0.457 e. The van der Waals surface area contributed by atoms with Crippen molar-refractivity contribution in [2.75, 3.05) is 19.8 Å². The van der Waals surface area contributed by atoms with E-state index in [9.17, 15) is 9.59 Å². The van der Waals surface area contributed by atoms with Gasteiger partial charge >= 0.3 is 11.9 Å². The van der Waals surface area contributed by atoms with Gasteiger partial charge in [0.15, 0.2) is 6.10 Å². The Kier molecular flexibility index (Phi) is 6.32. The first-order chi connectivity index (χ1) is 9.83. The molecule has 1 aliphatic rings. The van der Waals surface area contributed by atoms with Gasteiger partial charge in [0.1, 0.15) is 24.9 Å². The number of rotatable bonds is 7. The van der Waals surface area contributed by atoms with Crippen molar-refractivity contribution in [3.8, 4) is 0 Å². The minimum atomic E-state index is -0.998. The molecule has 0 aromatic carbocycles. The number of ether oxygens (including phenoxy) is 3. The van der Waals surface area contributed by atoms with Crippen molar-refractivity contribution in [1.29, 1.82) is 0 Å². The Morgan fingerprint density at radius 3 is 2.38 bits per heavy atom. The molecular weight excluding hydrogens is 280 g/mol. The van der Waals surface area contributed by atoms with E-state index in [0.29, 0.717) is 6.42 Å². The van der Waals surface area contributed by atoms with Crippen LogP contribution in [0.1, 0.15) is 27.2 Å². The fraction of sp³-hybridized carbons (Fsp3) is 0.714. The van der Waals surface area contributed by atoms with Gasteiger partial charge in [-0.1, -0.05) is 11.6 Å². The summed E-state index contributed by atoms with van der Waals surface area (Å²) in [6.45, 7) is 4.19. The molecule has 0 aliphatic carbocycles. The number of hydrogen-bond donors (Lipinski definition) is 2. The number of carbonyl (C=O) groups excluding carboxylic acids is 2. The summed E-state index contributed by atoms with van der Waals surface area (Å²) in [5.74, 6) is -1.53. The van der Waals surface area contributed by atoms with Crippen molar-refractivity contribution >= 4 is 11.9 Å². The van der Waals surface area contributed by atoms with Gasteiger partial charge in [-0.25, -0.2) is 9.59 Å². The van der Waals surface area contributed by atoms with E-state index in [1.54, 1.807) is 6.92 Å². The molecule has 7 nitrogen and oxygen atoms in total. The third kappa shape index (κ3) is 4.52. The minimum absolute atomic E-state index is 0.171. The van der Waals surface area contributed by atoms with E-state index in [0.717, 1.165) is 5.57 Å². The van der Waals surface area contributed by atoms with Gasteiger partial charge in [-0.05, 0) is 20.8 Å². The van der Waals surface area contributed by atoms with Gasteiger partial charge in [-0.3, -0.25) is 0 Å². The summed E-state index contributed by atoms with van der Waals surface area (Å²) in [7, 11) is 0. The van der Waals surface area contributed by atoms with Crippen LogP contribution in [-0.2, 0) is 23.8 Å². The Morgan fingerprint density at radius 2 is 1.95 bits per heavy atom. The average Bonchev–Trinajstić information content (AvgIpc) is 2.46. The summed E-state index contributed by atoms with van der Waals surface area (Å²) >= 11 is 0. The van der Waals surface area contributed by atoms with E-state index in [-0.39, 0.29) is 6.61 Å². The van der Waals surface area contributed by atoms with Crippen LogP contribution >= 0.6 is 0 Å². The van der Waals surface area contributed by atoms with Crippen LogP contribution in [0, 0.1) is 0 Å². The first-order valence-corrected chi connectivity index (χ1v) is 6.71. The fourth-order valence-electron chi connectivity index (χ4n) is 2.00. The second-order valence-corrected chi connectivity index (χ2v) is 5.29. The van der Waals surface area contributed by atoms with E-state index in [2.05, 4.69) is 0 Å². The fourth-order valence-corrected chi connectivity index (χ4v) is 2.00. The smallest absolute Gasteiger partial charge is 0.332 e. The summed E-state index contributed by atoms with van der Waals surface area (Å²) in [4.78, 5) is 22.5. The topological polar surface area (TPSA) is 102 Å². The molecule has 0 saturated carbocycles. The van der Waals surface area contributed by atoms with E-state index in [4.69, 9.17) is 24.4 Å². The Hall–Kier alpha value is -1.44. The quantitative estimate of drug-likeness (QED) is 0.501. The van der Waals surface area contributed by atoms with Crippen molar-refractivity contribution < 1.29 is 34.0 Å². The lowest BCUT2D eigenvalue weighted by Crippen LogP contribution is -2.65. The van der Waals surface area contributed by atoms with E-state index >= 15 is 0 Å². The Balaban J connectivity index is 2.82. The molecule has 1 fully saturated rings. The number of aliphatic hydroxyl groups excluding tert-OH is 2. The largest absolute Gasteiger partial charge is 0.457 e. The monoisotopic (exact) mass is 302 g/mol.